The Hall–Kier alpha value is -2.18. The molecule has 0 aromatic rings. The lowest BCUT2D eigenvalue weighted by Gasteiger charge is -2.12. The number of carbonyl (C=O) groups is 2. The molecule has 0 fully saturated rings. The van der Waals surface area contributed by atoms with E-state index in [9.17, 15) is 19.8 Å². The van der Waals surface area contributed by atoms with Crippen molar-refractivity contribution >= 4 is 11.9 Å². The van der Waals surface area contributed by atoms with Gasteiger partial charge in [-0.1, -0.05) is 178 Å². The van der Waals surface area contributed by atoms with Crippen LogP contribution in [0.1, 0.15) is 187 Å². The van der Waals surface area contributed by atoms with Crippen LogP contribution < -0.4 is 0 Å². The monoisotopic (exact) mass is 689 g/mol. The maximum atomic E-state index is 12.0. The number of hydrogen-bond acceptors (Lipinski definition) is 6. The number of carbonyl (C=O) groups excluding carboxylic acids is 2. The van der Waals surface area contributed by atoms with Crippen LogP contribution in [0.5, 0.6) is 0 Å². The van der Waals surface area contributed by atoms with Gasteiger partial charge in [0.1, 0.15) is 19.3 Å². The van der Waals surface area contributed by atoms with Gasteiger partial charge in [-0.25, -0.2) is 0 Å². The van der Waals surface area contributed by atoms with Gasteiger partial charge >= 0.3 is 11.9 Å². The summed E-state index contributed by atoms with van der Waals surface area (Å²) in [6.45, 7) is 4.15. The van der Waals surface area contributed by atoms with Crippen LogP contribution in [0, 0.1) is 0 Å². The highest BCUT2D eigenvalue weighted by Crippen LogP contribution is 2.14. The molecule has 0 spiro atoms. The van der Waals surface area contributed by atoms with Crippen molar-refractivity contribution in [3.8, 4) is 0 Å². The fraction of sp³-hybridized carbons (Fsp3) is 0.767. The average molecular weight is 689 g/mol. The predicted octanol–water partition coefficient (Wildman–Crippen LogP) is 11.6. The zero-order valence-corrected chi connectivity index (χ0v) is 31.8. The standard InChI is InChI=1S/C43H76O6/c1-3-5-7-9-11-13-14-15-16-17-18-19-20-22-24-28-32-36-42(46)48-38-41(45)39-49-43(47)37-33-29-25-27-31-35-40(44)34-30-26-23-21-12-10-8-6-4-2/h12,21,25-27,30-31,35,40-41,44-45H,3-11,13-20,22-24,28-29,32-34,36-39H2,1-2H3/b21-12-,27-25+,30-26-,35-31-/t40?,41-/m1/s1. The van der Waals surface area contributed by atoms with E-state index in [1.54, 1.807) is 6.08 Å². The van der Waals surface area contributed by atoms with Crippen LogP contribution in [0.3, 0.4) is 0 Å². The van der Waals surface area contributed by atoms with Gasteiger partial charge in [0.15, 0.2) is 0 Å². The van der Waals surface area contributed by atoms with Gasteiger partial charge in [-0.2, -0.15) is 0 Å². The first-order valence-corrected chi connectivity index (χ1v) is 20.3. The third kappa shape index (κ3) is 38.5. The summed E-state index contributed by atoms with van der Waals surface area (Å²) < 4.78 is 10.3. The van der Waals surface area contributed by atoms with E-state index in [1.165, 1.54) is 109 Å². The Morgan fingerprint density at radius 3 is 1.51 bits per heavy atom. The molecular weight excluding hydrogens is 612 g/mol. The van der Waals surface area contributed by atoms with Crippen LogP contribution in [0.4, 0.5) is 0 Å². The number of esters is 2. The largest absolute Gasteiger partial charge is 0.463 e. The van der Waals surface area contributed by atoms with E-state index in [4.69, 9.17) is 9.47 Å². The van der Waals surface area contributed by atoms with Crippen LogP contribution in [0.25, 0.3) is 0 Å². The zero-order valence-electron chi connectivity index (χ0n) is 31.8. The third-order valence-corrected chi connectivity index (χ3v) is 8.65. The van der Waals surface area contributed by atoms with Gasteiger partial charge in [0.25, 0.3) is 0 Å². The second kappa shape index (κ2) is 38.6. The van der Waals surface area contributed by atoms with Crippen LogP contribution in [-0.4, -0.2) is 47.6 Å². The third-order valence-electron chi connectivity index (χ3n) is 8.65. The van der Waals surface area contributed by atoms with Gasteiger partial charge in [0.05, 0.1) is 6.10 Å². The number of aliphatic hydroxyl groups is 2. The Morgan fingerprint density at radius 2 is 0.959 bits per heavy atom. The predicted molar refractivity (Wildman–Crippen MR) is 206 cm³/mol. The van der Waals surface area contributed by atoms with Gasteiger partial charge < -0.3 is 19.7 Å². The van der Waals surface area contributed by atoms with Crippen molar-refractivity contribution in [3.05, 3.63) is 48.6 Å². The van der Waals surface area contributed by atoms with E-state index in [2.05, 4.69) is 32.1 Å². The lowest BCUT2D eigenvalue weighted by molar-refractivity contribution is -0.152. The van der Waals surface area contributed by atoms with Crippen molar-refractivity contribution in [1.29, 1.82) is 0 Å². The average Bonchev–Trinajstić information content (AvgIpc) is 3.10. The molecule has 0 saturated carbocycles. The van der Waals surface area contributed by atoms with Gasteiger partial charge in [0, 0.05) is 12.8 Å². The van der Waals surface area contributed by atoms with E-state index in [0.717, 1.165) is 32.1 Å². The fourth-order valence-electron chi connectivity index (χ4n) is 5.51. The topological polar surface area (TPSA) is 93.1 Å². The highest BCUT2D eigenvalue weighted by Gasteiger charge is 2.12. The molecule has 284 valence electrons. The Morgan fingerprint density at radius 1 is 0.510 bits per heavy atom. The number of aliphatic hydroxyl groups excluding tert-OH is 2. The van der Waals surface area contributed by atoms with E-state index >= 15 is 0 Å². The summed E-state index contributed by atoms with van der Waals surface area (Å²) in [7, 11) is 0. The molecule has 6 nitrogen and oxygen atoms in total. The first-order valence-electron chi connectivity index (χ1n) is 20.3. The van der Waals surface area contributed by atoms with E-state index in [-0.39, 0.29) is 31.6 Å². The summed E-state index contributed by atoms with van der Waals surface area (Å²) in [5.41, 5.74) is 0. The molecule has 0 aromatic carbocycles. The first-order chi connectivity index (χ1) is 24.0. The molecule has 0 radical (unpaired) electrons. The second-order valence-corrected chi connectivity index (χ2v) is 13.6. The quantitative estimate of drug-likeness (QED) is 0.0294. The van der Waals surface area contributed by atoms with Gasteiger partial charge in [-0.15, -0.1) is 0 Å². The summed E-state index contributed by atoms with van der Waals surface area (Å²) in [6, 6.07) is 0. The molecule has 0 bridgehead atoms. The van der Waals surface area contributed by atoms with Crippen molar-refractivity contribution in [1.82, 2.24) is 0 Å². The highest BCUT2D eigenvalue weighted by molar-refractivity contribution is 5.69. The Kier molecular flexibility index (Phi) is 36.9. The molecule has 0 heterocycles. The van der Waals surface area contributed by atoms with Gasteiger partial charge in [-0.3, -0.25) is 9.59 Å². The minimum absolute atomic E-state index is 0.155. The van der Waals surface area contributed by atoms with Crippen LogP contribution >= 0.6 is 0 Å². The number of rotatable bonds is 36. The molecule has 49 heavy (non-hydrogen) atoms. The Balaban J connectivity index is 3.59. The van der Waals surface area contributed by atoms with Crippen molar-refractivity contribution in [2.45, 2.75) is 199 Å². The molecule has 0 aliphatic carbocycles. The molecule has 0 aliphatic rings. The summed E-state index contributed by atoms with van der Waals surface area (Å²) >= 11 is 0. The molecule has 2 atom stereocenters. The van der Waals surface area contributed by atoms with Crippen LogP contribution in [0.15, 0.2) is 48.6 Å². The SMILES string of the molecule is CCCCC/C=C\C/C=C\CC(O)/C=C\C=C\CCCC(=O)OC[C@H](O)COC(=O)CCCCCCCCCCCCCCCCCCC. The summed E-state index contributed by atoms with van der Waals surface area (Å²) in [6.07, 6.45) is 44.8. The van der Waals surface area contributed by atoms with Crippen LogP contribution in [0.2, 0.25) is 0 Å². The lowest BCUT2D eigenvalue weighted by Crippen LogP contribution is -2.25. The van der Waals surface area contributed by atoms with E-state index < -0.39 is 12.2 Å². The summed E-state index contributed by atoms with van der Waals surface area (Å²) in [5.74, 6) is -0.687. The zero-order chi connectivity index (χ0) is 35.9. The first kappa shape index (κ1) is 46.8. The Labute approximate surface area is 301 Å². The van der Waals surface area contributed by atoms with Crippen LogP contribution in [-0.2, 0) is 19.1 Å². The smallest absolute Gasteiger partial charge is 0.305 e. The normalized spacial score (nSPS) is 13.3. The molecule has 0 saturated heterocycles. The number of allylic oxidation sites excluding steroid dienone is 6. The Bertz CT molecular complexity index is 845. The van der Waals surface area contributed by atoms with Crippen molar-refractivity contribution in [2.75, 3.05) is 13.2 Å². The van der Waals surface area contributed by atoms with Crippen molar-refractivity contribution < 1.29 is 29.3 Å². The second-order valence-electron chi connectivity index (χ2n) is 13.6. The molecule has 0 rings (SSSR count). The molecule has 2 N–H and O–H groups in total. The molecule has 1 unspecified atom stereocenters. The molecular formula is C43H76O6. The maximum absolute atomic E-state index is 12.0. The summed E-state index contributed by atoms with van der Waals surface area (Å²) in [4.78, 5) is 23.9. The fourth-order valence-corrected chi connectivity index (χ4v) is 5.51. The lowest BCUT2D eigenvalue weighted by atomic mass is 10.0. The number of hydrogen-bond donors (Lipinski definition) is 2. The number of ether oxygens (including phenoxy) is 2. The molecule has 6 heteroatoms. The summed E-state index contributed by atoms with van der Waals surface area (Å²) in [5, 5.41) is 20.0. The maximum Gasteiger partial charge on any atom is 0.305 e. The number of unbranched alkanes of at least 4 members (excludes halogenated alkanes) is 20. The molecule has 0 aliphatic heterocycles. The minimum atomic E-state index is -1.01. The van der Waals surface area contributed by atoms with E-state index in [1.807, 2.05) is 24.3 Å². The van der Waals surface area contributed by atoms with Gasteiger partial charge in [0.2, 0.25) is 0 Å². The molecule has 0 aromatic heterocycles. The van der Waals surface area contributed by atoms with Crippen molar-refractivity contribution in [3.63, 3.8) is 0 Å². The van der Waals surface area contributed by atoms with Gasteiger partial charge in [-0.05, 0) is 44.9 Å². The van der Waals surface area contributed by atoms with E-state index in [0.29, 0.717) is 25.7 Å². The molecule has 0 amide bonds. The minimum Gasteiger partial charge on any atom is -0.463 e. The van der Waals surface area contributed by atoms with Crippen molar-refractivity contribution in [2.24, 2.45) is 0 Å². The highest BCUT2D eigenvalue weighted by atomic mass is 16.6.